The molecule has 2 N–H and O–H groups in total. The predicted molar refractivity (Wildman–Crippen MR) is 84.1 cm³/mol. The second kappa shape index (κ2) is 7.59. The summed E-state index contributed by atoms with van der Waals surface area (Å²) in [6.45, 7) is 8.92. The van der Waals surface area contributed by atoms with Crippen molar-refractivity contribution in [3.63, 3.8) is 0 Å². The van der Waals surface area contributed by atoms with Gasteiger partial charge in [0.2, 0.25) is 5.91 Å². The van der Waals surface area contributed by atoms with Gasteiger partial charge in [-0.25, -0.2) is 0 Å². The average molecular weight is 292 g/mol. The fraction of sp³-hybridized carbons (Fsp3) is 0.750. The van der Waals surface area contributed by atoms with E-state index >= 15 is 0 Å². The highest BCUT2D eigenvalue weighted by atomic mass is 16.1. The van der Waals surface area contributed by atoms with Crippen LogP contribution in [0.1, 0.15) is 44.0 Å². The highest BCUT2D eigenvalue weighted by molar-refractivity contribution is 5.76. The third-order valence-corrected chi connectivity index (χ3v) is 4.31. The summed E-state index contributed by atoms with van der Waals surface area (Å²) in [5, 5.41) is 10.9. The van der Waals surface area contributed by atoms with Gasteiger partial charge >= 0.3 is 0 Å². The number of nitrogens with zero attached hydrogens (tertiary/aromatic N) is 2. The van der Waals surface area contributed by atoms with Crippen LogP contribution in [0, 0.1) is 19.8 Å². The fourth-order valence-electron chi connectivity index (χ4n) is 3.02. The molecule has 0 aliphatic carbocycles. The lowest BCUT2D eigenvalue weighted by atomic mass is 9.90. The number of hydrogen-bond acceptors (Lipinski definition) is 3. The average Bonchev–Trinajstić information content (AvgIpc) is 2.76. The van der Waals surface area contributed by atoms with Crippen molar-refractivity contribution < 1.29 is 4.79 Å². The van der Waals surface area contributed by atoms with Crippen LogP contribution in [0.15, 0.2) is 6.07 Å². The summed E-state index contributed by atoms with van der Waals surface area (Å²) in [4.78, 5) is 12.0. The van der Waals surface area contributed by atoms with E-state index in [-0.39, 0.29) is 5.91 Å². The van der Waals surface area contributed by atoms with E-state index in [4.69, 9.17) is 0 Å². The van der Waals surface area contributed by atoms with Crippen molar-refractivity contribution in [2.24, 2.45) is 5.92 Å². The molecule has 0 spiro atoms. The summed E-state index contributed by atoms with van der Waals surface area (Å²) in [5.41, 5.74) is 2.23. The van der Waals surface area contributed by atoms with Crippen LogP contribution in [-0.2, 0) is 11.3 Å². The molecule has 1 amide bonds. The third kappa shape index (κ3) is 4.84. The second-order valence-corrected chi connectivity index (χ2v) is 6.24. The molecule has 2 atom stereocenters. The Kier molecular flexibility index (Phi) is 5.79. The Labute approximate surface area is 127 Å². The molecule has 0 saturated carbocycles. The molecule has 5 nitrogen and oxygen atoms in total. The summed E-state index contributed by atoms with van der Waals surface area (Å²) >= 11 is 0. The van der Waals surface area contributed by atoms with Gasteiger partial charge in [0, 0.05) is 31.2 Å². The Morgan fingerprint density at radius 2 is 2.33 bits per heavy atom. The van der Waals surface area contributed by atoms with E-state index in [1.54, 1.807) is 0 Å². The lowest BCUT2D eigenvalue weighted by Crippen LogP contribution is -2.43. The van der Waals surface area contributed by atoms with Crippen LogP contribution in [0.4, 0.5) is 0 Å². The number of hydrogen-bond donors (Lipinski definition) is 2. The quantitative estimate of drug-likeness (QED) is 0.786. The fourth-order valence-corrected chi connectivity index (χ4v) is 3.02. The molecule has 1 aromatic rings. The van der Waals surface area contributed by atoms with Crippen LogP contribution < -0.4 is 10.6 Å². The minimum absolute atomic E-state index is 0.162. The summed E-state index contributed by atoms with van der Waals surface area (Å²) in [7, 11) is 0. The first-order valence-electron chi connectivity index (χ1n) is 8.07. The number of carbonyl (C=O) groups excluding carboxylic acids is 1. The number of aryl methyl sites for hydroxylation is 3. The number of nitrogens with one attached hydrogen (secondary N) is 2. The molecule has 2 rings (SSSR count). The van der Waals surface area contributed by atoms with Crippen molar-refractivity contribution in [2.45, 2.75) is 59.0 Å². The molecule has 2 unspecified atom stereocenters. The normalized spacial score (nSPS) is 22.2. The standard InChI is InChI=1S/C16H28N4O/c1-12-6-4-7-17-15(12)11-16(21)18-8-5-9-20-14(3)10-13(2)19-20/h10,12,15,17H,4-9,11H2,1-3H3,(H,18,21). The lowest BCUT2D eigenvalue weighted by molar-refractivity contribution is -0.122. The van der Waals surface area contributed by atoms with E-state index in [2.05, 4.69) is 35.6 Å². The first-order valence-corrected chi connectivity index (χ1v) is 8.07. The largest absolute Gasteiger partial charge is 0.356 e. The van der Waals surface area contributed by atoms with Crippen LogP contribution in [0.5, 0.6) is 0 Å². The van der Waals surface area contributed by atoms with Crippen molar-refractivity contribution in [1.82, 2.24) is 20.4 Å². The highest BCUT2D eigenvalue weighted by Crippen LogP contribution is 2.17. The van der Waals surface area contributed by atoms with E-state index in [1.165, 1.54) is 18.5 Å². The topological polar surface area (TPSA) is 59.0 Å². The van der Waals surface area contributed by atoms with Gasteiger partial charge in [0.1, 0.15) is 0 Å². The van der Waals surface area contributed by atoms with Crippen molar-refractivity contribution >= 4 is 5.91 Å². The zero-order chi connectivity index (χ0) is 15.2. The summed E-state index contributed by atoms with van der Waals surface area (Å²) in [5.74, 6) is 0.758. The minimum Gasteiger partial charge on any atom is -0.356 e. The third-order valence-electron chi connectivity index (χ3n) is 4.31. The van der Waals surface area contributed by atoms with Gasteiger partial charge in [-0.3, -0.25) is 9.48 Å². The number of rotatable bonds is 6. The second-order valence-electron chi connectivity index (χ2n) is 6.24. The zero-order valence-corrected chi connectivity index (χ0v) is 13.5. The Bertz CT molecular complexity index is 469. The molecule has 1 fully saturated rings. The Hall–Kier alpha value is -1.36. The van der Waals surface area contributed by atoms with Crippen LogP contribution in [0.2, 0.25) is 0 Å². The van der Waals surface area contributed by atoms with Gasteiger partial charge in [-0.1, -0.05) is 6.92 Å². The van der Waals surface area contributed by atoms with E-state index in [0.29, 0.717) is 18.4 Å². The monoisotopic (exact) mass is 292 g/mol. The SMILES string of the molecule is Cc1cc(C)n(CCCNC(=O)CC2NCCCC2C)n1. The number of amides is 1. The maximum Gasteiger partial charge on any atom is 0.221 e. The molecule has 0 aromatic carbocycles. The molecule has 0 radical (unpaired) electrons. The van der Waals surface area contributed by atoms with Gasteiger partial charge in [0.05, 0.1) is 5.69 Å². The molecule has 1 saturated heterocycles. The Morgan fingerprint density at radius 1 is 1.52 bits per heavy atom. The van der Waals surface area contributed by atoms with Crippen LogP contribution in [0.25, 0.3) is 0 Å². The maximum absolute atomic E-state index is 12.0. The van der Waals surface area contributed by atoms with Crippen LogP contribution in [-0.4, -0.2) is 34.8 Å². The van der Waals surface area contributed by atoms with E-state index < -0.39 is 0 Å². The van der Waals surface area contributed by atoms with Crippen LogP contribution in [0.3, 0.4) is 0 Å². The molecule has 118 valence electrons. The van der Waals surface area contributed by atoms with Gasteiger partial charge in [0.15, 0.2) is 0 Å². The molecule has 1 aliphatic heterocycles. The van der Waals surface area contributed by atoms with E-state index in [9.17, 15) is 4.79 Å². The number of aromatic nitrogens is 2. The van der Waals surface area contributed by atoms with Gasteiger partial charge in [-0.2, -0.15) is 5.10 Å². The van der Waals surface area contributed by atoms with Gasteiger partial charge in [0.25, 0.3) is 0 Å². The first-order chi connectivity index (χ1) is 10.1. The number of carbonyl (C=O) groups is 1. The smallest absolute Gasteiger partial charge is 0.221 e. The highest BCUT2D eigenvalue weighted by Gasteiger charge is 2.22. The van der Waals surface area contributed by atoms with Crippen molar-refractivity contribution in [3.8, 4) is 0 Å². The molecule has 1 aliphatic rings. The van der Waals surface area contributed by atoms with E-state index in [1.807, 2.05) is 11.6 Å². The summed E-state index contributed by atoms with van der Waals surface area (Å²) in [6, 6.07) is 2.42. The molecular formula is C16H28N4O. The van der Waals surface area contributed by atoms with Crippen LogP contribution >= 0.6 is 0 Å². The molecule has 0 bridgehead atoms. The van der Waals surface area contributed by atoms with Crippen molar-refractivity contribution in [1.29, 1.82) is 0 Å². The van der Waals surface area contributed by atoms with Gasteiger partial charge < -0.3 is 10.6 Å². The van der Waals surface area contributed by atoms with Crippen molar-refractivity contribution in [3.05, 3.63) is 17.5 Å². The molecule has 2 heterocycles. The van der Waals surface area contributed by atoms with Gasteiger partial charge in [-0.05, 0) is 51.6 Å². The zero-order valence-electron chi connectivity index (χ0n) is 13.5. The maximum atomic E-state index is 12.0. The first kappa shape index (κ1) is 16.0. The van der Waals surface area contributed by atoms with Gasteiger partial charge in [-0.15, -0.1) is 0 Å². The molecular weight excluding hydrogens is 264 g/mol. The molecule has 1 aromatic heterocycles. The number of piperidine rings is 1. The summed E-state index contributed by atoms with van der Waals surface area (Å²) < 4.78 is 2.01. The molecule has 5 heteroatoms. The van der Waals surface area contributed by atoms with E-state index in [0.717, 1.165) is 31.7 Å². The molecule has 21 heavy (non-hydrogen) atoms. The predicted octanol–water partition coefficient (Wildman–Crippen LogP) is 1.78. The minimum atomic E-state index is 0.162. The summed E-state index contributed by atoms with van der Waals surface area (Å²) in [6.07, 6.45) is 3.97. The lowest BCUT2D eigenvalue weighted by Gasteiger charge is -2.29. The Balaban J connectivity index is 1.64. The van der Waals surface area contributed by atoms with Crippen molar-refractivity contribution in [2.75, 3.05) is 13.1 Å². The Morgan fingerprint density at radius 3 is 3.00 bits per heavy atom.